The summed E-state index contributed by atoms with van der Waals surface area (Å²) in [5.41, 5.74) is 5.84. The summed E-state index contributed by atoms with van der Waals surface area (Å²) in [7, 11) is 0. The van der Waals surface area contributed by atoms with E-state index in [1.165, 1.54) is 18.2 Å². The average Bonchev–Trinajstić information content (AvgIpc) is 2.49. The number of benzene rings is 1. The molecule has 1 aliphatic rings. The highest BCUT2D eigenvalue weighted by Crippen LogP contribution is 2.24. The van der Waals surface area contributed by atoms with Crippen molar-refractivity contribution >= 4 is 5.91 Å². The minimum atomic E-state index is -0.256. The molecule has 0 spiro atoms. The van der Waals surface area contributed by atoms with E-state index in [2.05, 4.69) is 18.7 Å². The number of piperazine rings is 1. The SMILES string of the molecule is CC(C)(CN)N1CCN(C(=O)c2cc(O)ccc2O)CC1. The van der Waals surface area contributed by atoms with E-state index in [9.17, 15) is 15.0 Å². The van der Waals surface area contributed by atoms with E-state index in [1.54, 1.807) is 4.90 Å². The van der Waals surface area contributed by atoms with Gasteiger partial charge in [0.2, 0.25) is 0 Å². The Kier molecular flexibility index (Phi) is 4.39. The van der Waals surface area contributed by atoms with Gasteiger partial charge >= 0.3 is 0 Å². The van der Waals surface area contributed by atoms with Crippen molar-refractivity contribution in [2.75, 3.05) is 32.7 Å². The summed E-state index contributed by atoms with van der Waals surface area (Å²) in [6.07, 6.45) is 0. The molecule has 1 aromatic carbocycles. The number of carbonyl (C=O) groups excluding carboxylic acids is 1. The van der Waals surface area contributed by atoms with Crippen LogP contribution in [0.3, 0.4) is 0 Å². The lowest BCUT2D eigenvalue weighted by Crippen LogP contribution is -2.58. The molecule has 0 atom stereocenters. The maximum absolute atomic E-state index is 12.4. The quantitative estimate of drug-likeness (QED) is 0.710. The second-order valence-corrected chi connectivity index (χ2v) is 6.00. The van der Waals surface area contributed by atoms with Crippen molar-refractivity contribution in [3.63, 3.8) is 0 Å². The van der Waals surface area contributed by atoms with Crippen LogP contribution in [-0.4, -0.2) is 64.2 Å². The van der Waals surface area contributed by atoms with E-state index >= 15 is 0 Å². The van der Waals surface area contributed by atoms with Crippen LogP contribution in [0.25, 0.3) is 0 Å². The smallest absolute Gasteiger partial charge is 0.257 e. The van der Waals surface area contributed by atoms with Gasteiger partial charge in [-0.05, 0) is 32.0 Å². The fourth-order valence-corrected chi connectivity index (χ4v) is 2.51. The third-order valence-electron chi connectivity index (χ3n) is 4.13. The molecule has 1 fully saturated rings. The minimum absolute atomic E-state index is 0.0287. The Balaban J connectivity index is 2.05. The molecule has 1 saturated heterocycles. The zero-order valence-electron chi connectivity index (χ0n) is 12.5. The summed E-state index contributed by atoms with van der Waals surface area (Å²) >= 11 is 0. The van der Waals surface area contributed by atoms with Crippen molar-refractivity contribution in [3.8, 4) is 11.5 Å². The van der Waals surface area contributed by atoms with Gasteiger partial charge in [0.05, 0.1) is 5.56 Å². The highest BCUT2D eigenvalue weighted by Gasteiger charge is 2.31. The second kappa shape index (κ2) is 5.91. The molecule has 4 N–H and O–H groups in total. The lowest BCUT2D eigenvalue weighted by molar-refractivity contribution is 0.0424. The van der Waals surface area contributed by atoms with E-state index in [-0.39, 0.29) is 28.5 Å². The molecule has 2 rings (SSSR count). The molecular weight excluding hydrogens is 270 g/mol. The van der Waals surface area contributed by atoms with Gasteiger partial charge in [0.25, 0.3) is 5.91 Å². The summed E-state index contributed by atoms with van der Waals surface area (Å²) in [5, 5.41) is 19.2. The summed E-state index contributed by atoms with van der Waals surface area (Å²) in [4.78, 5) is 16.4. The standard InChI is InChI=1S/C15H23N3O3/c1-15(2,10-16)18-7-5-17(6-8-18)14(21)12-9-11(19)3-4-13(12)20/h3-4,9,19-20H,5-8,10,16H2,1-2H3. The highest BCUT2D eigenvalue weighted by molar-refractivity contribution is 5.97. The number of amides is 1. The average molecular weight is 293 g/mol. The van der Waals surface area contributed by atoms with E-state index in [0.717, 1.165) is 13.1 Å². The van der Waals surface area contributed by atoms with Crippen LogP contribution in [0, 0.1) is 0 Å². The van der Waals surface area contributed by atoms with E-state index < -0.39 is 0 Å². The first-order valence-corrected chi connectivity index (χ1v) is 7.11. The first-order valence-electron chi connectivity index (χ1n) is 7.11. The van der Waals surface area contributed by atoms with Crippen molar-refractivity contribution in [3.05, 3.63) is 23.8 Å². The van der Waals surface area contributed by atoms with Crippen LogP contribution in [0.15, 0.2) is 18.2 Å². The number of hydrogen-bond acceptors (Lipinski definition) is 5. The van der Waals surface area contributed by atoms with E-state index in [4.69, 9.17) is 5.73 Å². The number of carbonyl (C=O) groups is 1. The Labute approximate surface area is 124 Å². The molecule has 21 heavy (non-hydrogen) atoms. The summed E-state index contributed by atoms with van der Waals surface area (Å²) in [5.74, 6) is -0.393. The molecule has 1 amide bonds. The van der Waals surface area contributed by atoms with Crippen LogP contribution < -0.4 is 5.73 Å². The van der Waals surface area contributed by atoms with Gasteiger partial charge < -0.3 is 20.8 Å². The molecule has 0 aromatic heterocycles. The number of rotatable bonds is 3. The van der Waals surface area contributed by atoms with Crippen LogP contribution in [0.5, 0.6) is 11.5 Å². The van der Waals surface area contributed by atoms with E-state index in [0.29, 0.717) is 19.6 Å². The zero-order chi connectivity index (χ0) is 15.6. The maximum Gasteiger partial charge on any atom is 0.257 e. The van der Waals surface area contributed by atoms with Crippen LogP contribution in [0.2, 0.25) is 0 Å². The molecule has 0 bridgehead atoms. The molecule has 0 saturated carbocycles. The fourth-order valence-electron chi connectivity index (χ4n) is 2.51. The van der Waals surface area contributed by atoms with Crippen molar-refractivity contribution in [2.45, 2.75) is 19.4 Å². The Morgan fingerprint density at radius 2 is 1.86 bits per heavy atom. The molecule has 6 nitrogen and oxygen atoms in total. The number of hydrogen-bond donors (Lipinski definition) is 3. The third-order valence-corrected chi connectivity index (χ3v) is 4.13. The van der Waals surface area contributed by atoms with Crippen molar-refractivity contribution in [1.29, 1.82) is 0 Å². The van der Waals surface area contributed by atoms with Gasteiger partial charge in [-0.2, -0.15) is 0 Å². The topological polar surface area (TPSA) is 90.0 Å². The van der Waals surface area contributed by atoms with Crippen LogP contribution in [0.4, 0.5) is 0 Å². The molecule has 6 heteroatoms. The van der Waals surface area contributed by atoms with Crippen molar-refractivity contribution in [2.24, 2.45) is 5.73 Å². The Bertz CT molecular complexity index is 523. The molecule has 116 valence electrons. The molecule has 1 heterocycles. The van der Waals surface area contributed by atoms with Gasteiger partial charge in [-0.3, -0.25) is 9.69 Å². The summed E-state index contributed by atoms with van der Waals surface area (Å²) in [6.45, 7) is 7.39. The second-order valence-electron chi connectivity index (χ2n) is 6.00. The fraction of sp³-hybridized carbons (Fsp3) is 0.533. The number of nitrogens with zero attached hydrogens (tertiary/aromatic N) is 2. The minimum Gasteiger partial charge on any atom is -0.508 e. The zero-order valence-corrected chi connectivity index (χ0v) is 12.5. The van der Waals surface area contributed by atoms with Crippen molar-refractivity contribution < 1.29 is 15.0 Å². The number of phenols is 2. The summed E-state index contributed by atoms with van der Waals surface area (Å²) in [6, 6.07) is 3.98. The molecule has 1 aromatic rings. The molecule has 0 unspecified atom stereocenters. The predicted octanol–water partition coefficient (Wildman–Crippen LogP) is 0.593. The van der Waals surface area contributed by atoms with Gasteiger partial charge in [0.1, 0.15) is 11.5 Å². The Morgan fingerprint density at radius 3 is 2.43 bits per heavy atom. The Hall–Kier alpha value is -1.79. The van der Waals surface area contributed by atoms with E-state index in [1.807, 2.05) is 0 Å². The Morgan fingerprint density at radius 1 is 1.24 bits per heavy atom. The normalized spacial score (nSPS) is 17.0. The van der Waals surface area contributed by atoms with Gasteiger partial charge in [0.15, 0.2) is 0 Å². The number of aromatic hydroxyl groups is 2. The largest absolute Gasteiger partial charge is 0.508 e. The summed E-state index contributed by atoms with van der Waals surface area (Å²) < 4.78 is 0. The van der Waals surface area contributed by atoms with Gasteiger partial charge in [0, 0.05) is 38.3 Å². The first kappa shape index (κ1) is 15.6. The molecule has 1 aliphatic heterocycles. The number of nitrogens with two attached hydrogens (primary N) is 1. The van der Waals surface area contributed by atoms with Gasteiger partial charge in [-0.1, -0.05) is 0 Å². The highest BCUT2D eigenvalue weighted by atomic mass is 16.3. The van der Waals surface area contributed by atoms with Crippen LogP contribution in [0.1, 0.15) is 24.2 Å². The van der Waals surface area contributed by atoms with Crippen molar-refractivity contribution in [1.82, 2.24) is 9.80 Å². The lowest BCUT2D eigenvalue weighted by atomic mass is 10.0. The lowest BCUT2D eigenvalue weighted by Gasteiger charge is -2.43. The van der Waals surface area contributed by atoms with Gasteiger partial charge in [-0.25, -0.2) is 0 Å². The molecular formula is C15H23N3O3. The predicted molar refractivity (Wildman–Crippen MR) is 80.4 cm³/mol. The maximum atomic E-state index is 12.4. The number of phenolic OH excluding ortho intramolecular Hbond substituents is 2. The first-order chi connectivity index (χ1) is 9.85. The van der Waals surface area contributed by atoms with Crippen LogP contribution in [-0.2, 0) is 0 Å². The van der Waals surface area contributed by atoms with Gasteiger partial charge in [-0.15, -0.1) is 0 Å². The third kappa shape index (κ3) is 3.28. The molecule has 0 aliphatic carbocycles. The molecule has 0 radical (unpaired) electrons. The monoisotopic (exact) mass is 293 g/mol. The van der Waals surface area contributed by atoms with Crippen LogP contribution >= 0.6 is 0 Å².